The van der Waals surface area contributed by atoms with Crippen LogP contribution >= 0.6 is 0 Å². The van der Waals surface area contributed by atoms with Gasteiger partial charge in [0.15, 0.2) is 6.10 Å². The summed E-state index contributed by atoms with van der Waals surface area (Å²) in [6.45, 7) is 7.26. The van der Waals surface area contributed by atoms with E-state index in [1.165, 1.54) is 4.90 Å². The van der Waals surface area contributed by atoms with Crippen molar-refractivity contribution in [1.29, 1.82) is 0 Å². The lowest BCUT2D eigenvalue weighted by Gasteiger charge is -2.52. The average Bonchev–Trinajstić information content (AvgIpc) is 3.36. The maximum atomic E-state index is 13.6. The van der Waals surface area contributed by atoms with Gasteiger partial charge in [0.25, 0.3) is 0 Å². The second-order valence-corrected chi connectivity index (χ2v) is 12.5. The maximum Gasteiger partial charge on any atom is 0.415 e. The molecule has 2 bridgehead atoms. The fraction of sp³-hybridized carbons (Fsp3) is 0.586. The first-order chi connectivity index (χ1) is 17.9. The Labute approximate surface area is 221 Å². The third-order valence-electron chi connectivity index (χ3n) is 10.4. The van der Waals surface area contributed by atoms with Crippen LogP contribution in [0.5, 0.6) is 0 Å². The van der Waals surface area contributed by atoms with Gasteiger partial charge in [0.05, 0.1) is 29.5 Å². The molecular weight excluding hydrogens is 488 g/mol. The van der Waals surface area contributed by atoms with Crippen molar-refractivity contribution in [3.63, 3.8) is 0 Å². The van der Waals surface area contributed by atoms with Gasteiger partial charge in [-0.25, -0.2) is 4.79 Å². The van der Waals surface area contributed by atoms with Crippen molar-refractivity contribution in [3.05, 3.63) is 47.6 Å². The van der Waals surface area contributed by atoms with Crippen molar-refractivity contribution in [2.45, 2.75) is 58.0 Å². The molecule has 2 fully saturated rings. The van der Waals surface area contributed by atoms with Crippen molar-refractivity contribution in [1.82, 2.24) is 0 Å². The van der Waals surface area contributed by atoms with Crippen molar-refractivity contribution in [3.8, 4) is 0 Å². The number of hydrogen-bond donors (Lipinski definition) is 5. The number of rotatable bonds is 2. The molecule has 5 N–H and O–H groups in total. The lowest BCUT2D eigenvalue weighted by molar-refractivity contribution is -0.214. The summed E-state index contributed by atoms with van der Waals surface area (Å²) in [6, 6.07) is 6.85. The van der Waals surface area contributed by atoms with Gasteiger partial charge in [-0.15, -0.1) is 0 Å². The number of anilines is 2. The summed E-state index contributed by atoms with van der Waals surface area (Å²) in [5.74, 6) is -0.586. The van der Waals surface area contributed by atoms with Gasteiger partial charge in [-0.3, -0.25) is 9.69 Å². The molecular formula is C29H36N2O7. The average molecular weight is 525 g/mol. The summed E-state index contributed by atoms with van der Waals surface area (Å²) in [5, 5.41) is 49.3. The largest absolute Gasteiger partial charge is 0.438 e. The van der Waals surface area contributed by atoms with Gasteiger partial charge in [-0.1, -0.05) is 45.1 Å². The molecule has 9 nitrogen and oxygen atoms in total. The highest BCUT2D eigenvalue weighted by molar-refractivity contribution is 6.08. The number of carbonyl (C=O) groups is 2. The van der Waals surface area contributed by atoms with Gasteiger partial charge < -0.3 is 30.5 Å². The highest BCUT2D eigenvalue weighted by Gasteiger charge is 2.76. The number of nitrogens with one attached hydrogen (secondary N) is 1. The number of ether oxygens (including phenoxy) is 1. The number of amides is 2. The topological polar surface area (TPSA) is 140 Å². The summed E-state index contributed by atoms with van der Waals surface area (Å²) in [5.41, 5.74) is -1.83. The first kappa shape index (κ1) is 25.6. The van der Waals surface area contributed by atoms with Crippen molar-refractivity contribution in [2.75, 3.05) is 23.4 Å². The van der Waals surface area contributed by atoms with Crippen LogP contribution in [0.15, 0.2) is 47.6 Å². The summed E-state index contributed by atoms with van der Waals surface area (Å²) >= 11 is 0. The fourth-order valence-corrected chi connectivity index (χ4v) is 8.46. The molecule has 0 radical (unpaired) electrons. The van der Waals surface area contributed by atoms with E-state index in [0.29, 0.717) is 22.9 Å². The number of aliphatic hydroxyl groups excluding tert-OH is 3. The lowest BCUT2D eigenvalue weighted by Crippen LogP contribution is -2.67. The monoisotopic (exact) mass is 524 g/mol. The van der Waals surface area contributed by atoms with Gasteiger partial charge in [-0.05, 0) is 59.8 Å². The van der Waals surface area contributed by atoms with Crippen LogP contribution in [0.25, 0.3) is 0 Å². The number of aliphatic hydroxyl groups is 4. The van der Waals surface area contributed by atoms with Crippen LogP contribution in [0.1, 0.15) is 34.1 Å². The zero-order valence-electron chi connectivity index (χ0n) is 22.1. The fourth-order valence-electron chi connectivity index (χ4n) is 8.46. The summed E-state index contributed by atoms with van der Waals surface area (Å²) in [7, 11) is 0. The van der Waals surface area contributed by atoms with E-state index < -0.39 is 42.0 Å². The maximum absolute atomic E-state index is 13.6. The van der Waals surface area contributed by atoms with Gasteiger partial charge >= 0.3 is 6.09 Å². The Hall–Kier alpha value is -2.72. The van der Waals surface area contributed by atoms with Crippen LogP contribution in [0, 0.1) is 34.5 Å². The van der Waals surface area contributed by atoms with Gasteiger partial charge in [0.1, 0.15) is 18.2 Å². The van der Waals surface area contributed by atoms with Crippen LogP contribution < -0.4 is 10.2 Å². The standard InChI is InChI=1S/C29H36N2O7/c1-14-11-28-15(2)9-18-22(27(18,3)4)17(24(28)35)10-16(13-32)23(34)29(28,37)25(14)38-26(36)31-12-21(33)30-19-7-5-6-8-20(19)31/h5-8,10-11,15,17-18,22-25,32,34-35,37H,9,12-13H2,1-4H3,(H,30,33)/t15-,17+,18-,22+,23-,24?,25+,28+,29+/m1/s1. The zero-order chi connectivity index (χ0) is 27.4. The highest BCUT2D eigenvalue weighted by atomic mass is 16.6. The molecule has 1 aliphatic heterocycles. The molecule has 1 spiro atoms. The van der Waals surface area contributed by atoms with E-state index in [1.807, 2.05) is 6.92 Å². The van der Waals surface area contributed by atoms with E-state index in [9.17, 15) is 30.0 Å². The molecule has 1 aromatic rings. The molecule has 6 rings (SSSR count). The summed E-state index contributed by atoms with van der Waals surface area (Å²) < 4.78 is 5.97. The number of carbonyl (C=O) groups excluding carboxylic acids is 2. The van der Waals surface area contributed by atoms with Gasteiger partial charge in [-0.2, -0.15) is 0 Å². The number of fused-ring (bicyclic) bond motifs is 4. The minimum atomic E-state index is -2.13. The molecule has 0 aromatic heterocycles. The van der Waals surface area contributed by atoms with E-state index in [1.54, 1.807) is 43.3 Å². The number of para-hydroxylation sites is 2. The molecule has 9 heteroatoms. The van der Waals surface area contributed by atoms with Crippen LogP contribution in [-0.2, 0) is 9.53 Å². The van der Waals surface area contributed by atoms with Gasteiger partial charge in [0, 0.05) is 5.92 Å². The minimum Gasteiger partial charge on any atom is -0.438 e. The van der Waals surface area contributed by atoms with E-state index in [-0.39, 0.29) is 41.2 Å². The molecule has 9 atom stereocenters. The molecule has 1 unspecified atom stereocenters. The Morgan fingerprint density at radius 2 is 1.95 bits per heavy atom. The smallest absolute Gasteiger partial charge is 0.415 e. The van der Waals surface area contributed by atoms with Crippen LogP contribution in [-0.4, -0.2) is 69.5 Å². The first-order valence-corrected chi connectivity index (χ1v) is 13.4. The molecule has 1 aromatic carbocycles. The Morgan fingerprint density at radius 1 is 1.24 bits per heavy atom. The summed E-state index contributed by atoms with van der Waals surface area (Å²) in [6.07, 6.45) is -0.556. The molecule has 0 saturated heterocycles. The Balaban J connectivity index is 1.43. The normalized spacial score (nSPS) is 42.4. The van der Waals surface area contributed by atoms with E-state index in [4.69, 9.17) is 4.74 Å². The molecule has 1 heterocycles. The molecule has 2 saturated carbocycles. The Bertz CT molecular complexity index is 1270. The number of benzene rings is 1. The highest BCUT2D eigenvalue weighted by Crippen LogP contribution is 2.72. The van der Waals surface area contributed by atoms with Gasteiger partial charge in [0.2, 0.25) is 5.91 Å². The van der Waals surface area contributed by atoms with Crippen molar-refractivity contribution >= 4 is 23.4 Å². The molecule has 2 amide bonds. The third kappa shape index (κ3) is 3.07. The van der Waals surface area contributed by atoms with Crippen LogP contribution in [0.3, 0.4) is 0 Å². The van der Waals surface area contributed by atoms with Crippen LogP contribution in [0.4, 0.5) is 16.2 Å². The predicted molar refractivity (Wildman–Crippen MR) is 139 cm³/mol. The number of nitrogens with zero attached hydrogens (tertiary/aromatic N) is 1. The van der Waals surface area contributed by atoms with E-state index in [0.717, 1.165) is 6.42 Å². The van der Waals surface area contributed by atoms with Crippen LogP contribution in [0.2, 0.25) is 0 Å². The Kier molecular flexibility index (Phi) is 5.48. The predicted octanol–water partition coefficient (Wildman–Crippen LogP) is 2.21. The quantitative estimate of drug-likeness (QED) is 0.374. The SMILES string of the molecule is CC1=C[C@]23C(O)[C@@H](C=C(CO)[C@@H](O)[C@]2(O)[C@H]1OC(=O)N1CC(=O)Nc2ccccc21)[C@H]1[C@@H](C[C@H]3C)C1(C)C. The Morgan fingerprint density at radius 3 is 2.66 bits per heavy atom. The third-order valence-corrected chi connectivity index (χ3v) is 10.4. The van der Waals surface area contributed by atoms with Crippen molar-refractivity contribution in [2.24, 2.45) is 34.5 Å². The second kappa shape index (κ2) is 8.14. The van der Waals surface area contributed by atoms with Crippen molar-refractivity contribution < 1.29 is 34.8 Å². The van der Waals surface area contributed by atoms with E-state index in [2.05, 4.69) is 19.2 Å². The molecule has 4 aliphatic carbocycles. The van der Waals surface area contributed by atoms with E-state index >= 15 is 0 Å². The molecule has 5 aliphatic rings. The second-order valence-electron chi connectivity index (χ2n) is 12.5. The molecule has 204 valence electrons. The molecule has 38 heavy (non-hydrogen) atoms. The lowest BCUT2D eigenvalue weighted by atomic mass is 9.58. The zero-order valence-corrected chi connectivity index (χ0v) is 22.1. The number of hydrogen-bond acceptors (Lipinski definition) is 7. The first-order valence-electron chi connectivity index (χ1n) is 13.4. The summed E-state index contributed by atoms with van der Waals surface area (Å²) in [4.78, 5) is 27.1. The minimum absolute atomic E-state index is 0.0164.